The summed E-state index contributed by atoms with van der Waals surface area (Å²) in [5, 5.41) is 14.5. The zero-order chi connectivity index (χ0) is 13.0. The van der Waals surface area contributed by atoms with Crippen LogP contribution in [0.5, 0.6) is 0 Å². The predicted molar refractivity (Wildman–Crippen MR) is 70.9 cm³/mol. The van der Waals surface area contributed by atoms with Gasteiger partial charge in [-0.2, -0.15) is 0 Å². The fourth-order valence-corrected chi connectivity index (χ4v) is 1.93. The molecule has 94 valence electrons. The van der Waals surface area contributed by atoms with Crippen LogP contribution in [-0.2, 0) is 4.79 Å². The minimum Gasteiger partial charge on any atom is -0.326 e. The molecule has 0 aliphatic rings. The van der Waals surface area contributed by atoms with Crippen LogP contribution in [0.15, 0.2) is 24.5 Å². The Hall–Kier alpha value is -1.76. The van der Waals surface area contributed by atoms with Crippen LogP contribution in [0.1, 0.15) is 12.0 Å². The largest absolute Gasteiger partial charge is 0.326 e. The highest BCUT2D eigenvalue weighted by Gasteiger charge is 2.05. The highest BCUT2D eigenvalue weighted by atomic mass is 79.9. The molecule has 1 N–H and O–H groups in total. The average molecular weight is 310 g/mol. The molecule has 0 radical (unpaired) electrons. The van der Waals surface area contributed by atoms with Crippen LogP contribution in [0.3, 0.4) is 0 Å². The van der Waals surface area contributed by atoms with E-state index in [-0.39, 0.29) is 5.91 Å². The van der Waals surface area contributed by atoms with Gasteiger partial charge in [0.25, 0.3) is 0 Å². The Balaban J connectivity index is 2.18. The molecule has 0 fully saturated rings. The summed E-state index contributed by atoms with van der Waals surface area (Å²) >= 11 is 3.23. The molecule has 2 rings (SSSR count). The van der Waals surface area contributed by atoms with Gasteiger partial charge >= 0.3 is 0 Å². The molecule has 6 nitrogen and oxygen atoms in total. The number of amides is 1. The van der Waals surface area contributed by atoms with E-state index in [0.29, 0.717) is 11.8 Å². The molecule has 1 heterocycles. The topological polar surface area (TPSA) is 72.7 Å². The molecule has 7 heteroatoms. The van der Waals surface area contributed by atoms with Gasteiger partial charge in [-0.3, -0.25) is 4.79 Å². The van der Waals surface area contributed by atoms with Crippen molar-refractivity contribution in [2.75, 3.05) is 10.6 Å². The van der Waals surface area contributed by atoms with Crippen molar-refractivity contribution in [3.63, 3.8) is 0 Å². The number of nitrogens with one attached hydrogen (secondary N) is 1. The van der Waals surface area contributed by atoms with Crippen molar-refractivity contribution in [3.05, 3.63) is 30.1 Å². The van der Waals surface area contributed by atoms with Crippen LogP contribution in [-0.4, -0.2) is 31.4 Å². The van der Waals surface area contributed by atoms with Crippen LogP contribution in [0.25, 0.3) is 5.69 Å². The van der Waals surface area contributed by atoms with E-state index in [9.17, 15) is 4.79 Å². The molecule has 0 spiro atoms. The summed E-state index contributed by atoms with van der Waals surface area (Å²) in [6.07, 6.45) is 1.99. The van der Waals surface area contributed by atoms with Crippen molar-refractivity contribution in [3.8, 4) is 5.69 Å². The van der Waals surface area contributed by atoms with Crippen LogP contribution in [0, 0.1) is 6.92 Å². The summed E-state index contributed by atoms with van der Waals surface area (Å²) in [6.45, 7) is 1.94. The molecule has 1 amide bonds. The van der Waals surface area contributed by atoms with E-state index in [0.717, 1.165) is 16.9 Å². The lowest BCUT2D eigenvalue weighted by atomic mass is 10.2. The van der Waals surface area contributed by atoms with E-state index in [1.54, 1.807) is 4.68 Å². The minimum absolute atomic E-state index is 0.0125. The molecule has 18 heavy (non-hydrogen) atoms. The lowest BCUT2D eigenvalue weighted by Gasteiger charge is -2.08. The number of nitrogens with zero attached hydrogens (tertiary/aromatic N) is 4. The van der Waals surface area contributed by atoms with Crippen molar-refractivity contribution in [2.24, 2.45) is 0 Å². The minimum atomic E-state index is -0.0125. The first-order valence-electron chi connectivity index (χ1n) is 5.40. The third-order valence-electron chi connectivity index (χ3n) is 2.40. The van der Waals surface area contributed by atoms with Crippen LogP contribution in [0.2, 0.25) is 0 Å². The Morgan fingerprint density at radius 1 is 1.50 bits per heavy atom. The zero-order valence-corrected chi connectivity index (χ0v) is 11.4. The maximum Gasteiger partial charge on any atom is 0.225 e. The number of tetrazole rings is 1. The number of carbonyl (C=O) groups excluding carboxylic acids is 1. The van der Waals surface area contributed by atoms with Gasteiger partial charge < -0.3 is 5.32 Å². The second kappa shape index (κ2) is 5.72. The van der Waals surface area contributed by atoms with Crippen LogP contribution < -0.4 is 5.32 Å². The van der Waals surface area contributed by atoms with Gasteiger partial charge in [0.05, 0.1) is 5.69 Å². The van der Waals surface area contributed by atoms with Gasteiger partial charge in [-0.25, -0.2) is 4.68 Å². The number of benzene rings is 1. The second-order valence-corrected chi connectivity index (χ2v) is 4.54. The Bertz CT molecular complexity index is 540. The van der Waals surface area contributed by atoms with Gasteiger partial charge in [-0.05, 0) is 41.1 Å². The number of alkyl halides is 1. The maximum absolute atomic E-state index is 11.5. The van der Waals surface area contributed by atoms with E-state index < -0.39 is 0 Å². The number of hydrogen-bond acceptors (Lipinski definition) is 4. The lowest BCUT2D eigenvalue weighted by molar-refractivity contribution is -0.115. The number of aryl methyl sites for hydroxylation is 1. The van der Waals surface area contributed by atoms with Crippen molar-refractivity contribution in [1.82, 2.24) is 20.2 Å². The SMILES string of the molecule is Cc1cc(NC(=O)CCBr)ccc1-n1cnnn1. The Morgan fingerprint density at radius 3 is 2.94 bits per heavy atom. The summed E-state index contributed by atoms with van der Waals surface area (Å²) in [7, 11) is 0. The van der Waals surface area contributed by atoms with Crippen molar-refractivity contribution < 1.29 is 4.79 Å². The Kier molecular flexibility index (Phi) is 4.03. The number of carbonyl (C=O) groups is 1. The number of halogens is 1. The first-order chi connectivity index (χ1) is 8.70. The summed E-state index contributed by atoms with van der Waals surface area (Å²) in [5.41, 5.74) is 2.65. The van der Waals surface area contributed by atoms with Crippen molar-refractivity contribution >= 4 is 27.5 Å². The summed E-state index contributed by atoms with van der Waals surface area (Å²) in [6, 6.07) is 5.59. The summed E-state index contributed by atoms with van der Waals surface area (Å²) in [5.74, 6) is -0.0125. The number of aromatic nitrogens is 4. The molecule has 2 aromatic rings. The van der Waals surface area contributed by atoms with Gasteiger partial charge in [0.1, 0.15) is 6.33 Å². The highest BCUT2D eigenvalue weighted by Crippen LogP contribution is 2.17. The smallest absolute Gasteiger partial charge is 0.225 e. The lowest BCUT2D eigenvalue weighted by Crippen LogP contribution is -2.12. The van der Waals surface area contributed by atoms with Gasteiger partial charge in [0.2, 0.25) is 5.91 Å². The number of anilines is 1. The Labute approximate surface area is 113 Å². The van der Waals surface area contributed by atoms with Gasteiger partial charge in [-0.1, -0.05) is 15.9 Å². The fraction of sp³-hybridized carbons (Fsp3) is 0.273. The van der Waals surface area contributed by atoms with Crippen molar-refractivity contribution in [1.29, 1.82) is 0 Å². The van der Waals surface area contributed by atoms with E-state index in [1.165, 1.54) is 6.33 Å². The van der Waals surface area contributed by atoms with Crippen molar-refractivity contribution in [2.45, 2.75) is 13.3 Å². The molecule has 1 aromatic carbocycles. The van der Waals surface area contributed by atoms with Gasteiger partial charge in [0.15, 0.2) is 0 Å². The molecule has 0 saturated carbocycles. The molecular weight excluding hydrogens is 298 g/mol. The predicted octanol–water partition coefficient (Wildman–Crippen LogP) is 1.69. The molecule has 1 aromatic heterocycles. The second-order valence-electron chi connectivity index (χ2n) is 3.74. The van der Waals surface area contributed by atoms with Gasteiger partial charge in [-0.15, -0.1) is 5.10 Å². The monoisotopic (exact) mass is 309 g/mol. The standard InChI is InChI=1S/C11H12BrN5O/c1-8-6-9(14-11(18)4-5-12)2-3-10(8)17-7-13-15-16-17/h2-3,6-7H,4-5H2,1H3,(H,14,18). The van der Waals surface area contributed by atoms with Crippen LogP contribution >= 0.6 is 15.9 Å². The first kappa shape index (κ1) is 12.7. The third kappa shape index (κ3) is 2.92. The van der Waals surface area contributed by atoms with E-state index >= 15 is 0 Å². The number of rotatable bonds is 4. The highest BCUT2D eigenvalue weighted by molar-refractivity contribution is 9.09. The average Bonchev–Trinajstić information content (AvgIpc) is 2.82. The molecule has 0 aliphatic heterocycles. The normalized spacial score (nSPS) is 10.3. The Morgan fingerprint density at radius 2 is 2.33 bits per heavy atom. The van der Waals surface area contributed by atoms with E-state index in [1.807, 2.05) is 25.1 Å². The molecular formula is C11H12BrN5O. The maximum atomic E-state index is 11.5. The fourth-order valence-electron chi connectivity index (χ4n) is 1.57. The summed E-state index contributed by atoms with van der Waals surface area (Å²) in [4.78, 5) is 11.5. The zero-order valence-electron chi connectivity index (χ0n) is 9.80. The molecule has 0 bridgehead atoms. The molecule has 0 aliphatic carbocycles. The quantitative estimate of drug-likeness (QED) is 0.872. The number of hydrogen-bond donors (Lipinski definition) is 1. The van der Waals surface area contributed by atoms with E-state index in [2.05, 4.69) is 36.8 Å². The molecule has 0 atom stereocenters. The third-order valence-corrected chi connectivity index (χ3v) is 2.79. The summed E-state index contributed by atoms with van der Waals surface area (Å²) < 4.78 is 1.58. The van der Waals surface area contributed by atoms with E-state index in [4.69, 9.17) is 0 Å². The first-order valence-corrected chi connectivity index (χ1v) is 6.52. The molecule has 0 saturated heterocycles. The van der Waals surface area contributed by atoms with Gasteiger partial charge in [0, 0.05) is 17.4 Å². The van der Waals surface area contributed by atoms with Crippen LogP contribution in [0.4, 0.5) is 5.69 Å². The molecule has 0 unspecified atom stereocenters.